The normalized spacial score (nSPS) is 10.6. The zero-order valence-corrected chi connectivity index (χ0v) is 12.0. The number of rotatable bonds is 3. The maximum Gasteiger partial charge on any atom is 0.337 e. The van der Waals surface area contributed by atoms with Crippen LogP contribution in [0.2, 0.25) is 0 Å². The van der Waals surface area contributed by atoms with Gasteiger partial charge in [0.2, 0.25) is 5.89 Å². The van der Waals surface area contributed by atoms with Crippen LogP contribution in [0.4, 0.5) is 0 Å². The number of hydrogen-bond acceptors (Lipinski definition) is 6. The molecule has 0 aliphatic carbocycles. The van der Waals surface area contributed by atoms with Crippen LogP contribution in [0.5, 0.6) is 11.5 Å². The highest BCUT2D eigenvalue weighted by Gasteiger charge is 2.15. The molecule has 1 N–H and O–H groups in total. The fraction of sp³-hybridized carbons (Fsp3) is 0.125. The number of esters is 1. The first kappa shape index (κ1) is 13.9. The van der Waals surface area contributed by atoms with E-state index in [2.05, 4.69) is 9.72 Å². The third-order valence-electron chi connectivity index (χ3n) is 3.22. The Bertz CT molecular complexity index is 853. The minimum Gasteiger partial charge on any atom is -0.508 e. The molecule has 0 atom stereocenters. The topological polar surface area (TPSA) is 81.8 Å². The highest BCUT2D eigenvalue weighted by molar-refractivity contribution is 5.93. The zero-order valence-electron chi connectivity index (χ0n) is 12.0. The van der Waals surface area contributed by atoms with Crippen LogP contribution in [-0.4, -0.2) is 30.3 Å². The second-order valence-electron chi connectivity index (χ2n) is 4.58. The van der Waals surface area contributed by atoms with Crippen molar-refractivity contribution < 1.29 is 23.8 Å². The monoisotopic (exact) mass is 299 g/mol. The van der Waals surface area contributed by atoms with Crippen molar-refractivity contribution >= 4 is 17.1 Å². The maximum absolute atomic E-state index is 11.5. The minimum atomic E-state index is -0.436. The summed E-state index contributed by atoms with van der Waals surface area (Å²) in [4.78, 5) is 15.9. The van der Waals surface area contributed by atoms with Crippen LogP contribution in [0.1, 0.15) is 10.4 Å². The van der Waals surface area contributed by atoms with Crippen molar-refractivity contribution in [3.63, 3.8) is 0 Å². The van der Waals surface area contributed by atoms with E-state index in [4.69, 9.17) is 9.15 Å². The lowest BCUT2D eigenvalue weighted by molar-refractivity contribution is 0.0601. The Morgan fingerprint density at radius 3 is 2.73 bits per heavy atom. The molecule has 3 aromatic rings. The quantitative estimate of drug-likeness (QED) is 0.749. The number of carbonyl (C=O) groups excluding carboxylic acids is 1. The lowest BCUT2D eigenvalue weighted by Crippen LogP contribution is -2.00. The summed E-state index contributed by atoms with van der Waals surface area (Å²) < 4.78 is 15.6. The van der Waals surface area contributed by atoms with Crippen molar-refractivity contribution in [2.75, 3.05) is 14.2 Å². The van der Waals surface area contributed by atoms with Gasteiger partial charge < -0.3 is 19.0 Å². The number of nitrogens with zero attached hydrogens (tertiary/aromatic N) is 1. The number of methoxy groups -OCH3 is 2. The van der Waals surface area contributed by atoms with E-state index in [-0.39, 0.29) is 5.75 Å². The molecule has 0 bridgehead atoms. The van der Waals surface area contributed by atoms with Crippen molar-refractivity contribution in [2.24, 2.45) is 0 Å². The Morgan fingerprint density at radius 1 is 1.18 bits per heavy atom. The molecule has 0 saturated heterocycles. The van der Waals surface area contributed by atoms with Gasteiger partial charge in [0.1, 0.15) is 17.0 Å². The van der Waals surface area contributed by atoms with Crippen molar-refractivity contribution in [3.05, 3.63) is 42.0 Å². The molecule has 0 aliphatic heterocycles. The summed E-state index contributed by atoms with van der Waals surface area (Å²) in [5.74, 6) is 0.437. The van der Waals surface area contributed by atoms with Crippen molar-refractivity contribution in [1.82, 2.24) is 4.98 Å². The van der Waals surface area contributed by atoms with E-state index in [1.165, 1.54) is 26.4 Å². The molecular weight excluding hydrogens is 286 g/mol. The predicted octanol–water partition coefficient (Wildman–Crippen LogP) is 3.00. The van der Waals surface area contributed by atoms with Gasteiger partial charge in [-0.05, 0) is 30.3 Å². The average Bonchev–Trinajstić information content (AvgIpc) is 2.96. The van der Waals surface area contributed by atoms with Gasteiger partial charge in [-0.3, -0.25) is 0 Å². The summed E-state index contributed by atoms with van der Waals surface area (Å²) in [6, 6.07) is 9.51. The third kappa shape index (κ3) is 2.35. The smallest absolute Gasteiger partial charge is 0.337 e. The summed E-state index contributed by atoms with van der Waals surface area (Å²) in [5, 5.41) is 9.50. The number of hydrogen-bond donors (Lipinski definition) is 1. The van der Waals surface area contributed by atoms with Gasteiger partial charge >= 0.3 is 5.97 Å². The maximum atomic E-state index is 11.5. The Hall–Kier alpha value is -3.02. The molecule has 0 saturated carbocycles. The lowest BCUT2D eigenvalue weighted by atomic mass is 10.2. The first-order valence-electron chi connectivity index (χ1n) is 6.48. The summed E-state index contributed by atoms with van der Waals surface area (Å²) >= 11 is 0. The molecule has 6 heteroatoms. The number of oxazole rings is 1. The van der Waals surface area contributed by atoms with Crippen molar-refractivity contribution in [1.29, 1.82) is 0 Å². The largest absolute Gasteiger partial charge is 0.508 e. The number of phenols is 1. The highest BCUT2D eigenvalue weighted by Crippen LogP contribution is 2.34. The Labute approximate surface area is 125 Å². The van der Waals surface area contributed by atoms with Gasteiger partial charge in [-0.15, -0.1) is 0 Å². The lowest BCUT2D eigenvalue weighted by Gasteiger charge is -2.05. The number of benzene rings is 2. The fourth-order valence-corrected chi connectivity index (χ4v) is 2.14. The van der Waals surface area contributed by atoms with Crippen LogP contribution in [-0.2, 0) is 4.74 Å². The zero-order chi connectivity index (χ0) is 15.7. The second kappa shape index (κ2) is 5.40. The van der Waals surface area contributed by atoms with Crippen molar-refractivity contribution in [3.8, 4) is 23.0 Å². The molecule has 2 aromatic carbocycles. The van der Waals surface area contributed by atoms with Gasteiger partial charge in [-0.25, -0.2) is 9.78 Å². The van der Waals surface area contributed by atoms with E-state index in [9.17, 15) is 9.90 Å². The first-order chi connectivity index (χ1) is 10.6. The number of aromatic hydroxyl groups is 1. The minimum absolute atomic E-state index is 0.0877. The van der Waals surface area contributed by atoms with Crippen LogP contribution in [0, 0.1) is 0 Å². The summed E-state index contributed by atoms with van der Waals surface area (Å²) in [6.07, 6.45) is 0. The molecule has 0 spiro atoms. The molecule has 1 heterocycles. The third-order valence-corrected chi connectivity index (χ3v) is 3.22. The molecule has 112 valence electrons. The number of carbonyl (C=O) groups is 1. The van der Waals surface area contributed by atoms with E-state index < -0.39 is 5.97 Å². The van der Waals surface area contributed by atoms with Gasteiger partial charge in [0, 0.05) is 6.07 Å². The standard InChI is InChI=1S/C16H13NO5/c1-20-14-8-10(18)4-5-11(14)15-17-12-7-9(16(19)21-2)3-6-13(12)22-15/h3-8,18H,1-2H3. The van der Waals surface area contributed by atoms with E-state index in [1.54, 1.807) is 24.3 Å². The second-order valence-corrected chi connectivity index (χ2v) is 4.58. The molecule has 6 nitrogen and oxygen atoms in total. The number of phenolic OH excluding ortho intramolecular Hbond substituents is 1. The predicted molar refractivity (Wildman–Crippen MR) is 79.0 cm³/mol. The Kier molecular flexibility index (Phi) is 3.42. The van der Waals surface area contributed by atoms with E-state index >= 15 is 0 Å². The summed E-state index contributed by atoms with van der Waals surface area (Å²) in [5.41, 5.74) is 2.08. The van der Waals surface area contributed by atoms with E-state index in [0.29, 0.717) is 33.9 Å². The number of fused-ring (bicyclic) bond motifs is 1. The van der Waals surface area contributed by atoms with E-state index in [0.717, 1.165) is 0 Å². The van der Waals surface area contributed by atoms with Crippen molar-refractivity contribution in [2.45, 2.75) is 0 Å². The fourth-order valence-electron chi connectivity index (χ4n) is 2.14. The molecule has 22 heavy (non-hydrogen) atoms. The number of ether oxygens (including phenoxy) is 2. The number of aromatic nitrogens is 1. The van der Waals surface area contributed by atoms with Crippen LogP contribution in [0.25, 0.3) is 22.6 Å². The SMILES string of the molecule is COC(=O)c1ccc2oc(-c3ccc(O)cc3OC)nc2c1. The summed E-state index contributed by atoms with van der Waals surface area (Å²) in [7, 11) is 2.82. The Morgan fingerprint density at radius 2 is 2.00 bits per heavy atom. The van der Waals surface area contributed by atoms with Crippen LogP contribution >= 0.6 is 0 Å². The molecular formula is C16H13NO5. The molecule has 3 rings (SSSR count). The molecule has 0 radical (unpaired) electrons. The van der Waals surface area contributed by atoms with Gasteiger partial charge in [0.15, 0.2) is 5.58 Å². The molecule has 0 fully saturated rings. The van der Waals surface area contributed by atoms with Gasteiger partial charge in [0.25, 0.3) is 0 Å². The molecule has 0 aliphatic rings. The molecule has 0 unspecified atom stereocenters. The highest BCUT2D eigenvalue weighted by atomic mass is 16.5. The molecule has 0 amide bonds. The Balaban J connectivity index is 2.11. The van der Waals surface area contributed by atoms with Crippen LogP contribution in [0.3, 0.4) is 0 Å². The van der Waals surface area contributed by atoms with Crippen LogP contribution < -0.4 is 4.74 Å². The summed E-state index contributed by atoms with van der Waals surface area (Å²) in [6.45, 7) is 0. The van der Waals surface area contributed by atoms with Gasteiger partial charge in [0.05, 0.1) is 25.3 Å². The average molecular weight is 299 g/mol. The first-order valence-corrected chi connectivity index (χ1v) is 6.48. The van der Waals surface area contributed by atoms with Crippen LogP contribution in [0.15, 0.2) is 40.8 Å². The van der Waals surface area contributed by atoms with E-state index in [1.807, 2.05) is 0 Å². The van der Waals surface area contributed by atoms with Gasteiger partial charge in [-0.2, -0.15) is 0 Å². The molecule has 1 aromatic heterocycles. The van der Waals surface area contributed by atoms with Gasteiger partial charge in [-0.1, -0.05) is 0 Å².